The number of aliphatic hydroxyl groups is 1. The highest BCUT2D eigenvalue weighted by Crippen LogP contribution is 2.31. The lowest BCUT2D eigenvalue weighted by Crippen LogP contribution is -2.37. The maximum Gasteiger partial charge on any atom is 0.146 e. The van der Waals surface area contributed by atoms with E-state index in [0.29, 0.717) is 12.2 Å². The summed E-state index contributed by atoms with van der Waals surface area (Å²) in [6, 6.07) is 5.26. The fourth-order valence-electron chi connectivity index (χ4n) is 2.70. The van der Waals surface area contributed by atoms with Gasteiger partial charge in [0.2, 0.25) is 0 Å². The molecule has 1 aliphatic rings. The molecule has 0 saturated carbocycles. The minimum atomic E-state index is -0.196. The molecule has 1 unspecified atom stereocenters. The molecule has 0 aromatic heterocycles. The summed E-state index contributed by atoms with van der Waals surface area (Å²) >= 11 is 0. The predicted octanol–water partition coefficient (Wildman–Crippen LogP) is 2.67. The Morgan fingerprint density at radius 2 is 2.15 bits per heavy atom. The van der Waals surface area contributed by atoms with Gasteiger partial charge in [-0.1, -0.05) is 12.1 Å². The Bertz CT molecular complexity index is 456. The second-order valence-corrected chi connectivity index (χ2v) is 6.52. The number of nitrogens with zero attached hydrogens (tertiary/aromatic N) is 1. The second-order valence-electron chi connectivity index (χ2n) is 6.52. The molecule has 0 amide bonds. The molecule has 1 saturated heterocycles. The lowest BCUT2D eigenvalue weighted by atomic mass is 10.1. The highest BCUT2D eigenvalue weighted by molar-refractivity contribution is 5.56. The van der Waals surface area contributed by atoms with Crippen LogP contribution in [0.4, 0.5) is 10.1 Å². The monoisotopic (exact) mass is 280 g/mol. The quantitative estimate of drug-likeness (QED) is 0.890. The maximum atomic E-state index is 14.3. The number of aliphatic hydroxyl groups excluding tert-OH is 1. The van der Waals surface area contributed by atoms with Crippen LogP contribution in [0.15, 0.2) is 18.2 Å². The summed E-state index contributed by atoms with van der Waals surface area (Å²) in [4.78, 5) is 2.02. The Labute approximate surface area is 120 Å². The van der Waals surface area contributed by atoms with Crippen molar-refractivity contribution in [3.05, 3.63) is 29.6 Å². The van der Waals surface area contributed by atoms with Crippen molar-refractivity contribution in [2.45, 2.75) is 51.7 Å². The molecule has 3 nitrogen and oxygen atoms in total. The first kappa shape index (κ1) is 15.3. The molecule has 2 rings (SSSR count). The summed E-state index contributed by atoms with van der Waals surface area (Å²) in [7, 11) is 0. The number of nitrogens with one attached hydrogen (secondary N) is 1. The maximum absolute atomic E-state index is 14.3. The van der Waals surface area contributed by atoms with Gasteiger partial charge in [0.1, 0.15) is 5.82 Å². The third kappa shape index (κ3) is 3.49. The fourth-order valence-corrected chi connectivity index (χ4v) is 2.70. The van der Waals surface area contributed by atoms with Crippen molar-refractivity contribution < 1.29 is 9.50 Å². The normalized spacial score (nSPS) is 19.6. The van der Waals surface area contributed by atoms with Crippen LogP contribution < -0.4 is 10.2 Å². The van der Waals surface area contributed by atoms with E-state index < -0.39 is 0 Å². The van der Waals surface area contributed by atoms with Crippen molar-refractivity contribution >= 4 is 5.69 Å². The van der Waals surface area contributed by atoms with E-state index in [0.717, 1.165) is 24.9 Å². The Kier molecular flexibility index (Phi) is 4.66. The minimum absolute atomic E-state index is 0.00895. The largest absolute Gasteiger partial charge is 0.394 e. The number of hydrogen-bond donors (Lipinski definition) is 2. The van der Waals surface area contributed by atoms with Crippen molar-refractivity contribution in [2.24, 2.45) is 0 Å². The third-order valence-electron chi connectivity index (χ3n) is 3.75. The van der Waals surface area contributed by atoms with E-state index in [1.807, 2.05) is 11.0 Å². The lowest BCUT2D eigenvalue weighted by molar-refractivity contribution is 0.266. The molecule has 112 valence electrons. The Morgan fingerprint density at radius 1 is 1.40 bits per heavy atom. The van der Waals surface area contributed by atoms with Crippen LogP contribution in [-0.2, 0) is 6.54 Å². The van der Waals surface area contributed by atoms with Gasteiger partial charge < -0.3 is 15.3 Å². The number of halogens is 1. The van der Waals surface area contributed by atoms with Gasteiger partial charge >= 0.3 is 0 Å². The molecule has 0 radical (unpaired) electrons. The summed E-state index contributed by atoms with van der Waals surface area (Å²) in [5.41, 5.74) is 1.60. The molecule has 0 bridgehead atoms. The van der Waals surface area contributed by atoms with Crippen LogP contribution in [-0.4, -0.2) is 29.8 Å². The van der Waals surface area contributed by atoms with Gasteiger partial charge in [-0.3, -0.25) is 0 Å². The van der Waals surface area contributed by atoms with Gasteiger partial charge in [0.25, 0.3) is 0 Å². The first-order valence-corrected chi connectivity index (χ1v) is 7.32. The Morgan fingerprint density at radius 3 is 2.80 bits per heavy atom. The zero-order chi connectivity index (χ0) is 14.8. The predicted molar refractivity (Wildman–Crippen MR) is 80.4 cm³/mol. The number of rotatable bonds is 4. The fraction of sp³-hybridized carbons (Fsp3) is 0.625. The molecule has 2 N–H and O–H groups in total. The second kappa shape index (κ2) is 6.10. The van der Waals surface area contributed by atoms with Crippen LogP contribution in [0.2, 0.25) is 0 Å². The Balaban J connectivity index is 2.26. The zero-order valence-electron chi connectivity index (χ0n) is 12.6. The van der Waals surface area contributed by atoms with Crippen molar-refractivity contribution in [1.82, 2.24) is 5.32 Å². The highest BCUT2D eigenvalue weighted by atomic mass is 19.1. The van der Waals surface area contributed by atoms with Crippen molar-refractivity contribution in [2.75, 3.05) is 18.1 Å². The smallest absolute Gasteiger partial charge is 0.146 e. The van der Waals surface area contributed by atoms with E-state index in [2.05, 4.69) is 26.1 Å². The number of hydrogen-bond acceptors (Lipinski definition) is 3. The van der Waals surface area contributed by atoms with Crippen molar-refractivity contribution in [1.29, 1.82) is 0 Å². The first-order chi connectivity index (χ1) is 9.42. The zero-order valence-corrected chi connectivity index (χ0v) is 12.6. The van der Waals surface area contributed by atoms with Crippen LogP contribution in [0.3, 0.4) is 0 Å². The average Bonchev–Trinajstić information content (AvgIpc) is 2.83. The topological polar surface area (TPSA) is 35.5 Å². The summed E-state index contributed by atoms with van der Waals surface area (Å²) in [5.74, 6) is -0.196. The minimum Gasteiger partial charge on any atom is -0.394 e. The molecule has 1 aromatic carbocycles. The van der Waals surface area contributed by atoms with Crippen LogP contribution in [0, 0.1) is 5.82 Å². The van der Waals surface area contributed by atoms with Crippen LogP contribution in [0.1, 0.15) is 39.2 Å². The average molecular weight is 280 g/mol. The lowest BCUT2D eigenvalue weighted by Gasteiger charge is -2.29. The van der Waals surface area contributed by atoms with Gasteiger partial charge in [-0.05, 0) is 45.2 Å². The van der Waals surface area contributed by atoms with Crippen LogP contribution in [0.25, 0.3) is 0 Å². The molecule has 4 heteroatoms. The molecule has 0 spiro atoms. The number of anilines is 1. The van der Waals surface area contributed by atoms with Gasteiger partial charge in [0.05, 0.1) is 18.3 Å². The van der Waals surface area contributed by atoms with Gasteiger partial charge in [0, 0.05) is 18.6 Å². The van der Waals surface area contributed by atoms with Crippen LogP contribution >= 0.6 is 0 Å². The van der Waals surface area contributed by atoms with E-state index in [-0.39, 0.29) is 24.0 Å². The standard InChI is InChI=1S/C16H25FN2O/c1-16(2,3)18-10-12-6-4-8-14(17)15(12)19-9-5-7-13(19)11-20/h4,6,8,13,18,20H,5,7,9-11H2,1-3H3. The SMILES string of the molecule is CC(C)(C)NCc1cccc(F)c1N1CCCC1CO. The van der Waals surface area contributed by atoms with E-state index in [4.69, 9.17) is 0 Å². The molecular weight excluding hydrogens is 255 g/mol. The Hall–Kier alpha value is -1.13. The molecule has 1 heterocycles. The highest BCUT2D eigenvalue weighted by Gasteiger charge is 2.28. The molecule has 20 heavy (non-hydrogen) atoms. The van der Waals surface area contributed by atoms with Crippen LogP contribution in [0.5, 0.6) is 0 Å². The number of benzene rings is 1. The van der Waals surface area contributed by atoms with Gasteiger partial charge in [0.15, 0.2) is 0 Å². The molecule has 1 aromatic rings. The summed E-state index contributed by atoms with van der Waals surface area (Å²) in [6.45, 7) is 7.81. The third-order valence-corrected chi connectivity index (χ3v) is 3.75. The molecule has 0 aliphatic carbocycles. The summed E-state index contributed by atoms with van der Waals surface area (Å²) in [6.07, 6.45) is 1.93. The molecule has 1 aliphatic heterocycles. The van der Waals surface area contributed by atoms with Gasteiger partial charge in [-0.2, -0.15) is 0 Å². The summed E-state index contributed by atoms with van der Waals surface area (Å²) in [5, 5.41) is 12.9. The molecule has 1 fully saturated rings. The van der Waals surface area contributed by atoms with E-state index in [1.165, 1.54) is 6.07 Å². The molecule has 1 atom stereocenters. The first-order valence-electron chi connectivity index (χ1n) is 7.32. The van der Waals surface area contributed by atoms with E-state index in [1.54, 1.807) is 6.07 Å². The van der Waals surface area contributed by atoms with E-state index >= 15 is 0 Å². The van der Waals surface area contributed by atoms with Gasteiger partial charge in [-0.15, -0.1) is 0 Å². The van der Waals surface area contributed by atoms with Gasteiger partial charge in [-0.25, -0.2) is 4.39 Å². The number of para-hydroxylation sites is 1. The van der Waals surface area contributed by atoms with Crippen molar-refractivity contribution in [3.8, 4) is 0 Å². The molecular formula is C16H25FN2O. The summed E-state index contributed by atoms with van der Waals surface area (Å²) < 4.78 is 14.3. The van der Waals surface area contributed by atoms with Crippen molar-refractivity contribution in [3.63, 3.8) is 0 Å². The van der Waals surface area contributed by atoms with E-state index in [9.17, 15) is 9.50 Å².